The summed E-state index contributed by atoms with van der Waals surface area (Å²) in [6.07, 6.45) is 1.69. The van der Waals surface area contributed by atoms with Crippen molar-refractivity contribution in [3.63, 3.8) is 0 Å². The Hall–Kier alpha value is -3.28. The van der Waals surface area contributed by atoms with Crippen molar-refractivity contribution in [2.24, 2.45) is 0 Å². The molecule has 0 saturated carbocycles. The molecule has 0 radical (unpaired) electrons. The van der Waals surface area contributed by atoms with E-state index < -0.39 is 0 Å². The van der Waals surface area contributed by atoms with Crippen molar-refractivity contribution >= 4 is 11.7 Å². The standard InChI is InChI=1S/C17H14N4O2/c1-23-13-6-4-5-12(11-13)17(22)19-16-9-8-15(20-21-16)14-7-2-3-10-18-14/h2-11H,1H3,(H,19,21,22). The minimum atomic E-state index is -0.274. The molecule has 2 aromatic heterocycles. The Kier molecular flexibility index (Phi) is 4.24. The minimum absolute atomic E-state index is 0.274. The average molecular weight is 306 g/mol. The summed E-state index contributed by atoms with van der Waals surface area (Å²) < 4.78 is 5.11. The first-order valence-corrected chi connectivity index (χ1v) is 6.97. The molecule has 0 aliphatic rings. The molecule has 1 amide bonds. The number of aromatic nitrogens is 3. The fraction of sp³-hybridized carbons (Fsp3) is 0.0588. The van der Waals surface area contributed by atoms with Crippen molar-refractivity contribution in [3.8, 4) is 17.1 Å². The molecule has 1 aromatic carbocycles. The first-order valence-electron chi connectivity index (χ1n) is 6.97. The summed E-state index contributed by atoms with van der Waals surface area (Å²) in [6, 6.07) is 15.9. The second-order valence-electron chi connectivity index (χ2n) is 4.70. The van der Waals surface area contributed by atoms with E-state index in [9.17, 15) is 4.79 Å². The number of amides is 1. The Morgan fingerprint density at radius 3 is 2.61 bits per heavy atom. The van der Waals surface area contributed by atoms with Crippen LogP contribution in [0, 0.1) is 0 Å². The van der Waals surface area contributed by atoms with Crippen LogP contribution < -0.4 is 10.1 Å². The van der Waals surface area contributed by atoms with Gasteiger partial charge in [0.2, 0.25) is 0 Å². The highest BCUT2D eigenvalue weighted by Gasteiger charge is 2.09. The summed E-state index contributed by atoms with van der Waals surface area (Å²) in [7, 11) is 1.55. The zero-order valence-corrected chi connectivity index (χ0v) is 12.4. The molecule has 0 bridgehead atoms. The molecule has 23 heavy (non-hydrogen) atoms. The fourth-order valence-electron chi connectivity index (χ4n) is 2.00. The smallest absolute Gasteiger partial charge is 0.256 e. The molecule has 2 heterocycles. The Bertz CT molecular complexity index is 804. The average Bonchev–Trinajstić information content (AvgIpc) is 2.63. The number of nitrogens with one attached hydrogen (secondary N) is 1. The molecule has 6 nitrogen and oxygen atoms in total. The molecular weight excluding hydrogens is 292 g/mol. The van der Waals surface area contributed by atoms with E-state index in [2.05, 4.69) is 20.5 Å². The lowest BCUT2D eigenvalue weighted by molar-refractivity contribution is 0.102. The van der Waals surface area contributed by atoms with E-state index in [0.29, 0.717) is 22.8 Å². The van der Waals surface area contributed by atoms with Gasteiger partial charge in [0, 0.05) is 11.8 Å². The van der Waals surface area contributed by atoms with Crippen molar-refractivity contribution < 1.29 is 9.53 Å². The van der Waals surface area contributed by atoms with Crippen LogP contribution in [0.1, 0.15) is 10.4 Å². The zero-order valence-electron chi connectivity index (χ0n) is 12.4. The van der Waals surface area contributed by atoms with E-state index >= 15 is 0 Å². The van der Waals surface area contributed by atoms with Crippen molar-refractivity contribution in [2.75, 3.05) is 12.4 Å². The van der Waals surface area contributed by atoms with E-state index in [1.54, 1.807) is 49.7 Å². The highest BCUT2D eigenvalue weighted by molar-refractivity contribution is 6.03. The lowest BCUT2D eigenvalue weighted by Gasteiger charge is -2.06. The highest BCUT2D eigenvalue weighted by atomic mass is 16.5. The molecule has 0 unspecified atom stereocenters. The van der Waals surface area contributed by atoms with Gasteiger partial charge >= 0.3 is 0 Å². The fourth-order valence-corrected chi connectivity index (χ4v) is 2.00. The van der Waals surface area contributed by atoms with Gasteiger partial charge in [-0.05, 0) is 42.5 Å². The van der Waals surface area contributed by atoms with Gasteiger partial charge in [-0.2, -0.15) is 0 Å². The van der Waals surface area contributed by atoms with Gasteiger partial charge in [0.1, 0.15) is 11.4 Å². The minimum Gasteiger partial charge on any atom is -0.497 e. The quantitative estimate of drug-likeness (QED) is 0.802. The largest absolute Gasteiger partial charge is 0.497 e. The van der Waals surface area contributed by atoms with Crippen molar-refractivity contribution in [1.82, 2.24) is 15.2 Å². The second kappa shape index (κ2) is 6.65. The number of pyridine rings is 1. The molecule has 0 spiro atoms. The molecule has 0 fully saturated rings. The number of anilines is 1. The molecule has 0 saturated heterocycles. The monoisotopic (exact) mass is 306 g/mol. The molecule has 0 aliphatic heterocycles. The predicted octanol–water partition coefficient (Wildman–Crippen LogP) is 2.80. The van der Waals surface area contributed by atoms with E-state index in [0.717, 1.165) is 5.69 Å². The molecule has 0 aliphatic carbocycles. The summed E-state index contributed by atoms with van der Waals surface area (Å²) in [6.45, 7) is 0. The van der Waals surface area contributed by atoms with Gasteiger partial charge in [-0.1, -0.05) is 12.1 Å². The molecule has 1 N–H and O–H groups in total. The number of nitrogens with zero attached hydrogens (tertiary/aromatic N) is 3. The van der Waals surface area contributed by atoms with E-state index in [4.69, 9.17) is 4.74 Å². The van der Waals surface area contributed by atoms with Crippen LogP contribution in [-0.2, 0) is 0 Å². The van der Waals surface area contributed by atoms with Gasteiger partial charge in [-0.15, -0.1) is 10.2 Å². The third kappa shape index (κ3) is 3.49. The molecule has 6 heteroatoms. The van der Waals surface area contributed by atoms with E-state index in [1.807, 2.05) is 18.2 Å². The number of ether oxygens (including phenoxy) is 1. The third-order valence-electron chi connectivity index (χ3n) is 3.17. The maximum Gasteiger partial charge on any atom is 0.256 e. The van der Waals surface area contributed by atoms with Gasteiger partial charge in [-0.25, -0.2) is 0 Å². The van der Waals surface area contributed by atoms with Crippen LogP contribution in [0.15, 0.2) is 60.8 Å². The first kappa shape index (κ1) is 14.6. The normalized spacial score (nSPS) is 10.1. The number of hydrogen-bond donors (Lipinski definition) is 1. The van der Waals surface area contributed by atoms with Crippen LogP contribution in [0.4, 0.5) is 5.82 Å². The molecule has 114 valence electrons. The van der Waals surface area contributed by atoms with Crippen LogP contribution in [-0.4, -0.2) is 28.2 Å². The number of benzene rings is 1. The Balaban J connectivity index is 1.74. The van der Waals surface area contributed by atoms with Crippen LogP contribution in [0.3, 0.4) is 0 Å². The van der Waals surface area contributed by atoms with Crippen LogP contribution in [0.2, 0.25) is 0 Å². The maximum absolute atomic E-state index is 12.2. The number of rotatable bonds is 4. The van der Waals surface area contributed by atoms with E-state index in [-0.39, 0.29) is 5.91 Å². The molecule has 3 aromatic rings. The summed E-state index contributed by atoms with van der Waals surface area (Å²) >= 11 is 0. The number of hydrogen-bond acceptors (Lipinski definition) is 5. The third-order valence-corrected chi connectivity index (χ3v) is 3.17. The lowest BCUT2D eigenvalue weighted by Crippen LogP contribution is -2.13. The summed E-state index contributed by atoms with van der Waals surface area (Å²) in [5.41, 5.74) is 1.86. The Labute approximate surface area is 133 Å². The van der Waals surface area contributed by atoms with Gasteiger partial charge in [0.05, 0.1) is 12.8 Å². The zero-order chi connectivity index (χ0) is 16.1. The molecule has 0 atom stereocenters. The maximum atomic E-state index is 12.2. The van der Waals surface area contributed by atoms with Gasteiger partial charge in [0.25, 0.3) is 5.91 Å². The van der Waals surface area contributed by atoms with Gasteiger partial charge in [-0.3, -0.25) is 9.78 Å². The number of carbonyl (C=O) groups is 1. The lowest BCUT2D eigenvalue weighted by atomic mass is 10.2. The Morgan fingerprint density at radius 1 is 1.00 bits per heavy atom. The summed E-state index contributed by atoms with van der Waals surface area (Å²) in [4.78, 5) is 16.4. The van der Waals surface area contributed by atoms with Gasteiger partial charge in [0.15, 0.2) is 5.82 Å². The second-order valence-corrected chi connectivity index (χ2v) is 4.70. The highest BCUT2D eigenvalue weighted by Crippen LogP contribution is 2.16. The summed E-state index contributed by atoms with van der Waals surface area (Å²) in [5, 5.41) is 10.8. The number of methoxy groups -OCH3 is 1. The first-order chi connectivity index (χ1) is 11.3. The van der Waals surface area contributed by atoms with Crippen LogP contribution in [0.25, 0.3) is 11.4 Å². The number of carbonyl (C=O) groups excluding carboxylic acids is 1. The summed E-state index contributed by atoms with van der Waals surface area (Å²) in [5.74, 6) is 0.718. The molecular formula is C17H14N4O2. The van der Waals surface area contributed by atoms with E-state index in [1.165, 1.54) is 0 Å². The molecule has 3 rings (SSSR count). The van der Waals surface area contributed by atoms with Crippen LogP contribution in [0.5, 0.6) is 5.75 Å². The predicted molar refractivity (Wildman–Crippen MR) is 86.2 cm³/mol. The Morgan fingerprint density at radius 2 is 1.91 bits per heavy atom. The van der Waals surface area contributed by atoms with Crippen LogP contribution >= 0.6 is 0 Å². The van der Waals surface area contributed by atoms with Crippen molar-refractivity contribution in [1.29, 1.82) is 0 Å². The van der Waals surface area contributed by atoms with Crippen molar-refractivity contribution in [3.05, 3.63) is 66.4 Å². The van der Waals surface area contributed by atoms with Gasteiger partial charge < -0.3 is 10.1 Å². The SMILES string of the molecule is COc1cccc(C(=O)Nc2ccc(-c3ccccn3)nn2)c1. The topological polar surface area (TPSA) is 77.0 Å². The van der Waals surface area contributed by atoms with Crippen molar-refractivity contribution in [2.45, 2.75) is 0 Å².